The summed E-state index contributed by atoms with van der Waals surface area (Å²) in [5.74, 6) is 0.172. The third-order valence-electron chi connectivity index (χ3n) is 6.29. The minimum absolute atomic E-state index is 0.112. The van der Waals surface area contributed by atoms with Crippen LogP contribution in [0.3, 0.4) is 0 Å². The molecule has 3 heterocycles. The van der Waals surface area contributed by atoms with E-state index in [1.54, 1.807) is 36.7 Å². The SMILES string of the molecule is CC[C@H](CC(=O)c1ccc2c(c1)sc1nc(-c3ccc(C(=O)NC)cc3)cn12)c1ccnn1C. The summed E-state index contributed by atoms with van der Waals surface area (Å²) >= 11 is 1.57. The number of aromatic nitrogens is 4. The fraction of sp³-hybridized carbons (Fsp3) is 0.231. The smallest absolute Gasteiger partial charge is 0.251 e. The molecule has 1 amide bonds. The fourth-order valence-corrected chi connectivity index (χ4v) is 5.38. The van der Waals surface area contributed by atoms with Crippen molar-refractivity contribution in [2.75, 3.05) is 7.05 Å². The van der Waals surface area contributed by atoms with Crippen molar-refractivity contribution in [3.05, 3.63) is 77.7 Å². The molecule has 7 nitrogen and oxygen atoms in total. The first-order valence-electron chi connectivity index (χ1n) is 11.2. The van der Waals surface area contributed by atoms with E-state index in [9.17, 15) is 9.59 Å². The molecule has 0 saturated heterocycles. The minimum Gasteiger partial charge on any atom is -0.355 e. The molecule has 0 fully saturated rings. The van der Waals surface area contributed by atoms with Gasteiger partial charge in [-0.15, -0.1) is 0 Å². The number of carbonyl (C=O) groups excluding carboxylic acids is 2. The Balaban J connectivity index is 1.40. The molecule has 0 aliphatic rings. The number of nitrogens with zero attached hydrogens (tertiary/aromatic N) is 4. The van der Waals surface area contributed by atoms with Crippen molar-refractivity contribution in [2.45, 2.75) is 25.7 Å². The molecule has 8 heteroatoms. The van der Waals surface area contributed by atoms with Crippen molar-refractivity contribution >= 4 is 38.2 Å². The van der Waals surface area contributed by atoms with Gasteiger partial charge in [0.05, 0.1) is 15.9 Å². The molecule has 0 radical (unpaired) electrons. The Kier molecular flexibility index (Phi) is 5.75. The molecular weight excluding hydrogens is 446 g/mol. The molecular formula is C26H25N5O2S. The molecule has 0 aliphatic carbocycles. The molecule has 172 valence electrons. The lowest BCUT2D eigenvalue weighted by molar-refractivity contribution is 0.0958. The van der Waals surface area contributed by atoms with Gasteiger partial charge in [0.15, 0.2) is 10.7 Å². The molecule has 0 unspecified atom stereocenters. The summed E-state index contributed by atoms with van der Waals surface area (Å²) in [5.41, 5.74) is 5.24. The van der Waals surface area contributed by atoms with E-state index in [4.69, 9.17) is 4.98 Å². The summed E-state index contributed by atoms with van der Waals surface area (Å²) in [5, 5.41) is 6.88. The van der Waals surface area contributed by atoms with Crippen LogP contribution in [0.1, 0.15) is 52.1 Å². The van der Waals surface area contributed by atoms with E-state index in [0.29, 0.717) is 12.0 Å². The maximum atomic E-state index is 13.1. The highest BCUT2D eigenvalue weighted by Crippen LogP contribution is 2.31. The molecule has 5 aromatic rings. The second-order valence-electron chi connectivity index (χ2n) is 8.33. The van der Waals surface area contributed by atoms with Crippen molar-refractivity contribution in [3.63, 3.8) is 0 Å². The molecule has 5 rings (SSSR count). The third-order valence-corrected chi connectivity index (χ3v) is 7.31. The van der Waals surface area contributed by atoms with Crippen molar-refractivity contribution in [1.29, 1.82) is 0 Å². The van der Waals surface area contributed by atoms with E-state index < -0.39 is 0 Å². The highest BCUT2D eigenvalue weighted by Gasteiger charge is 2.19. The van der Waals surface area contributed by atoms with Crippen molar-refractivity contribution in [1.82, 2.24) is 24.5 Å². The normalized spacial score (nSPS) is 12.3. The van der Waals surface area contributed by atoms with Crippen molar-refractivity contribution in [2.24, 2.45) is 7.05 Å². The predicted molar refractivity (Wildman–Crippen MR) is 135 cm³/mol. The summed E-state index contributed by atoms with van der Waals surface area (Å²) in [6.45, 7) is 2.10. The molecule has 1 atom stereocenters. The van der Waals surface area contributed by atoms with E-state index in [1.807, 2.05) is 54.3 Å². The maximum Gasteiger partial charge on any atom is 0.251 e. The number of nitrogens with one attached hydrogen (secondary N) is 1. The van der Waals surface area contributed by atoms with Gasteiger partial charge in [0.2, 0.25) is 0 Å². The van der Waals surface area contributed by atoms with Crippen LogP contribution in [-0.4, -0.2) is 37.9 Å². The zero-order chi connectivity index (χ0) is 23.8. The van der Waals surface area contributed by atoms with Crippen LogP contribution in [0.2, 0.25) is 0 Å². The first-order chi connectivity index (χ1) is 16.5. The summed E-state index contributed by atoms with van der Waals surface area (Å²) in [6.07, 6.45) is 5.12. The van der Waals surface area contributed by atoms with E-state index in [1.165, 1.54) is 0 Å². The molecule has 0 bridgehead atoms. The van der Waals surface area contributed by atoms with Gasteiger partial charge in [0.25, 0.3) is 5.91 Å². The van der Waals surface area contributed by atoms with Gasteiger partial charge in [-0.2, -0.15) is 5.10 Å². The molecule has 0 aliphatic heterocycles. The maximum absolute atomic E-state index is 13.1. The number of Topliss-reactive ketones (excluding diaryl/α,β-unsaturated/α-hetero) is 1. The molecule has 1 N–H and O–H groups in total. The largest absolute Gasteiger partial charge is 0.355 e. The van der Waals surface area contributed by atoms with Crippen LogP contribution in [0.5, 0.6) is 0 Å². The standard InChI is InChI=1S/C26H25N5O2S/c1-4-16(21-11-12-28-30(21)3)13-23(32)19-9-10-22-24(14-19)34-26-29-20(15-31(22)26)17-5-7-18(8-6-17)25(33)27-2/h5-12,14-16H,4,13H2,1-3H3,(H,27,33)/t16-/m1/s1. The monoisotopic (exact) mass is 471 g/mol. The molecule has 0 spiro atoms. The number of hydrogen-bond donors (Lipinski definition) is 1. The van der Waals surface area contributed by atoms with Gasteiger partial charge >= 0.3 is 0 Å². The number of hydrogen-bond acceptors (Lipinski definition) is 5. The number of carbonyl (C=O) groups is 2. The number of amides is 1. The van der Waals surface area contributed by atoms with Crippen molar-refractivity contribution in [3.8, 4) is 11.3 Å². The molecule has 2 aromatic carbocycles. The zero-order valence-corrected chi connectivity index (χ0v) is 20.1. The minimum atomic E-state index is -0.112. The van der Waals surface area contributed by atoms with Crippen LogP contribution in [0.25, 0.3) is 26.4 Å². The quantitative estimate of drug-likeness (QED) is 0.336. The number of imidazole rings is 1. The van der Waals surface area contributed by atoms with Gasteiger partial charge < -0.3 is 5.32 Å². The van der Waals surface area contributed by atoms with Gasteiger partial charge in [-0.1, -0.05) is 30.4 Å². The van der Waals surface area contributed by atoms with Crippen LogP contribution in [0.15, 0.2) is 60.9 Å². The highest BCUT2D eigenvalue weighted by molar-refractivity contribution is 7.23. The Bertz CT molecular complexity index is 1510. The first kappa shape index (κ1) is 22.0. The van der Waals surface area contributed by atoms with E-state index >= 15 is 0 Å². The second-order valence-corrected chi connectivity index (χ2v) is 9.34. The molecule has 34 heavy (non-hydrogen) atoms. The van der Waals surface area contributed by atoms with Crippen LogP contribution >= 0.6 is 11.3 Å². The number of aryl methyl sites for hydroxylation is 1. The summed E-state index contributed by atoms with van der Waals surface area (Å²) in [4.78, 5) is 30.5. The summed E-state index contributed by atoms with van der Waals surface area (Å²) < 4.78 is 4.94. The van der Waals surface area contributed by atoms with E-state index in [2.05, 4.69) is 21.7 Å². The molecule has 0 saturated carbocycles. The number of ketones is 1. The third kappa shape index (κ3) is 3.90. The Labute approximate surface area is 201 Å². The van der Waals surface area contributed by atoms with E-state index in [-0.39, 0.29) is 17.6 Å². The van der Waals surface area contributed by atoms with Crippen molar-refractivity contribution < 1.29 is 9.59 Å². The van der Waals surface area contributed by atoms with Gasteiger partial charge in [-0.25, -0.2) is 4.98 Å². The lowest BCUT2D eigenvalue weighted by Gasteiger charge is -2.14. The second kappa shape index (κ2) is 8.87. The average Bonchev–Trinajstić information content (AvgIpc) is 3.56. The number of fused-ring (bicyclic) bond motifs is 3. The Morgan fingerprint density at radius 2 is 1.85 bits per heavy atom. The van der Waals surface area contributed by atoms with E-state index in [0.717, 1.165) is 44.1 Å². The highest BCUT2D eigenvalue weighted by atomic mass is 32.1. The zero-order valence-electron chi connectivity index (χ0n) is 19.3. The Morgan fingerprint density at radius 1 is 1.09 bits per heavy atom. The number of rotatable bonds is 7. The number of thiazole rings is 1. The van der Waals surface area contributed by atoms with Gasteiger partial charge in [0.1, 0.15) is 0 Å². The lowest BCUT2D eigenvalue weighted by atomic mass is 9.93. The van der Waals surface area contributed by atoms with Crippen LogP contribution in [-0.2, 0) is 7.05 Å². The van der Waals surface area contributed by atoms with Gasteiger partial charge in [0, 0.05) is 61.2 Å². The van der Waals surface area contributed by atoms with Crippen LogP contribution in [0, 0.1) is 0 Å². The van der Waals surface area contributed by atoms with Gasteiger partial charge in [-0.05, 0) is 42.8 Å². The first-order valence-corrected chi connectivity index (χ1v) is 12.1. The van der Waals surface area contributed by atoms with Crippen LogP contribution < -0.4 is 5.32 Å². The lowest BCUT2D eigenvalue weighted by Crippen LogP contribution is -2.17. The Hall–Kier alpha value is -3.78. The Morgan fingerprint density at radius 3 is 2.53 bits per heavy atom. The average molecular weight is 472 g/mol. The summed E-state index contributed by atoms with van der Waals surface area (Å²) in [7, 11) is 3.53. The molecule has 3 aromatic heterocycles. The van der Waals surface area contributed by atoms with Crippen LogP contribution in [0.4, 0.5) is 0 Å². The topological polar surface area (TPSA) is 81.3 Å². The summed E-state index contributed by atoms with van der Waals surface area (Å²) in [6, 6.07) is 15.3. The van der Waals surface area contributed by atoms with Gasteiger partial charge in [-0.3, -0.25) is 18.7 Å². The predicted octanol–water partition coefficient (Wildman–Crippen LogP) is 5.08. The fourth-order valence-electron chi connectivity index (χ4n) is 4.33. The number of benzene rings is 2.